The van der Waals surface area contributed by atoms with Crippen LogP contribution in [0.1, 0.15) is 30.5 Å². The molecule has 0 aromatic heterocycles. The number of amides is 1. The molecule has 28 heavy (non-hydrogen) atoms. The summed E-state index contributed by atoms with van der Waals surface area (Å²) in [5.41, 5.74) is 4.99. The summed E-state index contributed by atoms with van der Waals surface area (Å²) in [4.78, 5) is 11.3. The molecule has 148 valence electrons. The fourth-order valence-corrected chi connectivity index (χ4v) is 2.68. The largest absolute Gasteiger partial charge is 0.759 e. The highest BCUT2D eigenvalue weighted by atomic mass is 35.5. The fourth-order valence-electron chi connectivity index (χ4n) is 2.56. The van der Waals surface area contributed by atoms with Gasteiger partial charge in [0, 0.05) is 22.2 Å². The molecule has 0 radical (unpaired) electrons. The van der Waals surface area contributed by atoms with E-state index in [1.165, 1.54) is 11.6 Å². The standard InChI is InChI=1S/C22H23ClNO4/c1-15(2)4-11-19-20(27-3)12-7-17(8-13-21(25)24-26)22(19)28-14-16-5-9-18(23)10-6-16/h4-10,12-13H,11,14H2,1-3H3,(H-,24,25,26)/q-1/b13-8+. The average molecular weight is 401 g/mol. The van der Waals surface area contributed by atoms with E-state index >= 15 is 0 Å². The molecule has 0 bridgehead atoms. The maximum atomic E-state index is 11.3. The zero-order valence-electron chi connectivity index (χ0n) is 16.1. The second kappa shape index (κ2) is 10.5. The molecule has 2 rings (SSSR count). The molecule has 0 saturated heterocycles. The van der Waals surface area contributed by atoms with E-state index in [0.717, 1.165) is 16.7 Å². The van der Waals surface area contributed by atoms with E-state index in [9.17, 15) is 10.0 Å². The van der Waals surface area contributed by atoms with Crippen molar-refractivity contribution in [3.05, 3.63) is 81.0 Å². The Kier molecular flexibility index (Phi) is 8.11. The van der Waals surface area contributed by atoms with Crippen LogP contribution in [0.4, 0.5) is 0 Å². The van der Waals surface area contributed by atoms with Crippen molar-refractivity contribution in [2.24, 2.45) is 0 Å². The molecule has 0 unspecified atom stereocenters. The third kappa shape index (κ3) is 6.15. The summed E-state index contributed by atoms with van der Waals surface area (Å²) in [6, 6.07) is 11.0. The Morgan fingerprint density at radius 2 is 1.89 bits per heavy atom. The summed E-state index contributed by atoms with van der Waals surface area (Å²) < 4.78 is 11.6. The molecule has 0 saturated carbocycles. The van der Waals surface area contributed by atoms with Crippen LogP contribution in [0.2, 0.25) is 5.02 Å². The third-order valence-electron chi connectivity index (χ3n) is 3.99. The molecule has 0 atom stereocenters. The molecule has 0 fully saturated rings. The number of hydrogen-bond donors (Lipinski definition) is 1. The molecule has 5 nitrogen and oxygen atoms in total. The average Bonchev–Trinajstić information content (AvgIpc) is 2.69. The molecule has 6 heteroatoms. The van der Waals surface area contributed by atoms with Crippen LogP contribution < -0.4 is 15.0 Å². The van der Waals surface area contributed by atoms with Crippen molar-refractivity contribution < 1.29 is 14.3 Å². The molecule has 1 N–H and O–H groups in total. The van der Waals surface area contributed by atoms with E-state index in [-0.39, 0.29) is 0 Å². The molecule has 1 amide bonds. The number of hydrogen-bond acceptors (Lipinski definition) is 4. The first-order valence-corrected chi connectivity index (χ1v) is 9.13. The second-order valence-electron chi connectivity index (χ2n) is 6.37. The van der Waals surface area contributed by atoms with Gasteiger partial charge >= 0.3 is 0 Å². The molecular formula is C22H23ClNO4-. The first-order chi connectivity index (χ1) is 13.4. The maximum absolute atomic E-state index is 11.3. The van der Waals surface area contributed by atoms with Crippen LogP contribution in [0.15, 0.2) is 54.1 Å². The van der Waals surface area contributed by atoms with Crippen LogP contribution in [0.3, 0.4) is 0 Å². The summed E-state index contributed by atoms with van der Waals surface area (Å²) in [7, 11) is 1.60. The van der Waals surface area contributed by atoms with Crippen molar-refractivity contribution in [2.45, 2.75) is 26.9 Å². The Balaban J connectivity index is 2.44. The number of ether oxygens (including phenoxy) is 2. The smallest absolute Gasteiger partial charge is 0.233 e. The Bertz CT molecular complexity index is 869. The van der Waals surface area contributed by atoms with E-state index < -0.39 is 5.91 Å². The Morgan fingerprint density at radius 3 is 2.50 bits per heavy atom. The first kappa shape index (κ1) is 21.5. The van der Waals surface area contributed by atoms with Crippen molar-refractivity contribution in [1.82, 2.24) is 5.48 Å². The highest BCUT2D eigenvalue weighted by molar-refractivity contribution is 6.30. The monoisotopic (exact) mass is 400 g/mol. The van der Waals surface area contributed by atoms with Gasteiger partial charge in [0.2, 0.25) is 5.91 Å². The van der Waals surface area contributed by atoms with Gasteiger partial charge in [0.1, 0.15) is 18.1 Å². The summed E-state index contributed by atoms with van der Waals surface area (Å²) in [6.07, 6.45) is 5.41. The van der Waals surface area contributed by atoms with E-state index in [2.05, 4.69) is 6.08 Å². The van der Waals surface area contributed by atoms with Crippen molar-refractivity contribution in [2.75, 3.05) is 7.11 Å². The minimum Gasteiger partial charge on any atom is -0.759 e. The number of benzene rings is 2. The Hall–Kier alpha value is -2.76. The second-order valence-corrected chi connectivity index (χ2v) is 6.80. The number of nitrogens with one attached hydrogen (secondary N) is 1. The van der Waals surface area contributed by atoms with Gasteiger partial charge in [-0.25, -0.2) is 0 Å². The van der Waals surface area contributed by atoms with Crippen molar-refractivity contribution in [1.29, 1.82) is 0 Å². The summed E-state index contributed by atoms with van der Waals surface area (Å²) >= 11 is 5.94. The quantitative estimate of drug-likeness (QED) is 0.382. The topological polar surface area (TPSA) is 70.6 Å². The Morgan fingerprint density at radius 1 is 1.18 bits per heavy atom. The molecule has 0 spiro atoms. The zero-order chi connectivity index (χ0) is 20.5. The number of carbonyl (C=O) groups excluding carboxylic acids is 1. The number of hydroxylamine groups is 1. The minimum absolute atomic E-state index is 0.320. The number of methoxy groups -OCH3 is 1. The maximum Gasteiger partial charge on any atom is 0.233 e. The predicted molar refractivity (Wildman–Crippen MR) is 112 cm³/mol. The van der Waals surface area contributed by atoms with E-state index in [0.29, 0.717) is 35.1 Å². The van der Waals surface area contributed by atoms with E-state index in [4.69, 9.17) is 21.1 Å². The minimum atomic E-state index is -0.731. The lowest BCUT2D eigenvalue weighted by molar-refractivity contribution is -0.115. The molecule has 0 heterocycles. The van der Waals surface area contributed by atoms with E-state index in [1.807, 2.05) is 32.0 Å². The van der Waals surface area contributed by atoms with Gasteiger partial charge in [-0.1, -0.05) is 35.4 Å². The van der Waals surface area contributed by atoms with Crippen LogP contribution in [0, 0.1) is 5.21 Å². The summed E-state index contributed by atoms with van der Waals surface area (Å²) in [5, 5.41) is 11.2. The Labute approximate surface area is 170 Å². The van der Waals surface area contributed by atoms with Crippen LogP contribution in [-0.2, 0) is 17.8 Å². The summed E-state index contributed by atoms with van der Waals surface area (Å²) in [5.74, 6) is 0.557. The molecule has 2 aromatic rings. The van der Waals surface area contributed by atoms with Crippen molar-refractivity contribution in [3.63, 3.8) is 0 Å². The van der Waals surface area contributed by atoms with Gasteiger partial charge in [0.05, 0.1) is 7.11 Å². The van der Waals surface area contributed by atoms with Gasteiger partial charge in [-0.05, 0) is 56.2 Å². The molecule has 0 aliphatic carbocycles. The first-order valence-electron chi connectivity index (χ1n) is 8.75. The zero-order valence-corrected chi connectivity index (χ0v) is 16.9. The molecule has 0 aliphatic rings. The highest BCUT2D eigenvalue weighted by Gasteiger charge is 2.14. The molecular weight excluding hydrogens is 378 g/mol. The number of rotatable bonds is 8. The normalized spacial score (nSPS) is 10.6. The number of allylic oxidation sites excluding steroid dienone is 2. The van der Waals surface area contributed by atoms with Gasteiger partial charge in [0.25, 0.3) is 0 Å². The lowest BCUT2D eigenvalue weighted by Gasteiger charge is -2.17. The van der Waals surface area contributed by atoms with Crippen molar-refractivity contribution >= 4 is 23.6 Å². The van der Waals surface area contributed by atoms with Crippen LogP contribution in [0.25, 0.3) is 6.08 Å². The number of carbonyl (C=O) groups is 1. The van der Waals surface area contributed by atoms with Gasteiger partial charge in [-0.3, -0.25) is 4.79 Å². The van der Waals surface area contributed by atoms with Crippen LogP contribution in [-0.4, -0.2) is 13.0 Å². The summed E-state index contributed by atoms with van der Waals surface area (Å²) in [6.45, 7) is 4.35. The van der Waals surface area contributed by atoms with Crippen LogP contribution in [0.5, 0.6) is 11.5 Å². The SMILES string of the molecule is COc1ccc(/C=C/C(=O)N[O-])c(OCc2ccc(Cl)cc2)c1CC=C(C)C. The molecule has 2 aromatic carbocycles. The predicted octanol–water partition coefficient (Wildman–Crippen LogP) is 5.06. The third-order valence-corrected chi connectivity index (χ3v) is 4.25. The number of halogens is 1. The molecule has 0 aliphatic heterocycles. The highest BCUT2D eigenvalue weighted by Crippen LogP contribution is 2.35. The van der Waals surface area contributed by atoms with Gasteiger partial charge in [-0.2, -0.15) is 0 Å². The van der Waals surface area contributed by atoms with Gasteiger partial charge in [0.15, 0.2) is 0 Å². The fraction of sp³-hybridized carbons (Fsp3) is 0.227. The van der Waals surface area contributed by atoms with E-state index in [1.54, 1.807) is 31.4 Å². The van der Waals surface area contributed by atoms with Crippen LogP contribution >= 0.6 is 11.6 Å². The van der Waals surface area contributed by atoms with Crippen molar-refractivity contribution in [3.8, 4) is 11.5 Å². The lowest BCUT2D eigenvalue weighted by Crippen LogP contribution is -2.11. The lowest BCUT2D eigenvalue weighted by atomic mass is 10.0. The van der Waals surface area contributed by atoms with Gasteiger partial charge in [-0.15, -0.1) is 0 Å². The van der Waals surface area contributed by atoms with Gasteiger partial charge < -0.3 is 20.2 Å².